The van der Waals surface area contributed by atoms with E-state index in [0.29, 0.717) is 18.7 Å². The maximum absolute atomic E-state index is 12.9. The van der Waals surface area contributed by atoms with Gasteiger partial charge in [-0.3, -0.25) is 24.0 Å². The molecule has 12 heteroatoms. The number of amides is 1. The molecule has 0 aliphatic carbocycles. The summed E-state index contributed by atoms with van der Waals surface area (Å²) in [7, 11) is 0. The van der Waals surface area contributed by atoms with E-state index in [9.17, 15) is 24.0 Å². The zero-order chi connectivity index (χ0) is 27.0. The molecule has 12 nitrogen and oxygen atoms in total. The van der Waals surface area contributed by atoms with Crippen molar-refractivity contribution in [3.63, 3.8) is 0 Å². The number of esters is 4. The van der Waals surface area contributed by atoms with Gasteiger partial charge in [-0.2, -0.15) is 4.57 Å². The zero-order valence-electron chi connectivity index (χ0n) is 21.3. The van der Waals surface area contributed by atoms with Gasteiger partial charge in [0.05, 0.1) is 0 Å². The zero-order valence-corrected chi connectivity index (χ0v) is 21.3. The highest BCUT2D eigenvalue weighted by Gasteiger charge is 2.56. The number of rotatable bonds is 9. The van der Waals surface area contributed by atoms with Gasteiger partial charge < -0.3 is 28.6 Å². The van der Waals surface area contributed by atoms with E-state index in [1.165, 1.54) is 24.6 Å². The minimum Gasteiger partial charge on any atom is -0.463 e. The van der Waals surface area contributed by atoms with Gasteiger partial charge >= 0.3 is 30.1 Å². The Morgan fingerprint density at radius 2 is 1.42 bits per heavy atom. The maximum Gasteiger partial charge on any atom is 0.304 e. The van der Waals surface area contributed by atoms with Gasteiger partial charge in [0.15, 0.2) is 24.6 Å². The highest BCUT2D eigenvalue weighted by molar-refractivity contribution is 5.93. The summed E-state index contributed by atoms with van der Waals surface area (Å²) in [5.41, 5.74) is 0.342. The molecule has 0 radical (unpaired) electrons. The fraction of sp³-hybridized carbons (Fsp3) is 0.583. The molecule has 1 amide bonds. The first kappa shape index (κ1) is 28.7. The Labute approximate surface area is 209 Å². The van der Waals surface area contributed by atoms with Crippen LogP contribution < -0.4 is 4.57 Å². The van der Waals surface area contributed by atoms with E-state index in [-0.39, 0.29) is 12.5 Å². The van der Waals surface area contributed by atoms with Gasteiger partial charge in [-0.25, -0.2) is 0 Å². The summed E-state index contributed by atoms with van der Waals surface area (Å²) in [6.07, 6.45) is -2.95. The van der Waals surface area contributed by atoms with Crippen molar-refractivity contribution in [1.29, 1.82) is 0 Å². The molecular formula is C24H33N2O10+. The summed E-state index contributed by atoms with van der Waals surface area (Å²) >= 11 is 0. The Morgan fingerprint density at radius 1 is 0.861 bits per heavy atom. The monoisotopic (exact) mass is 509 g/mol. The molecule has 1 aliphatic rings. The predicted octanol–water partition coefficient (Wildman–Crippen LogP) is 0.712. The molecule has 5 atom stereocenters. The molecule has 0 spiro atoms. The van der Waals surface area contributed by atoms with E-state index in [1.807, 2.05) is 13.8 Å². The average molecular weight is 510 g/mol. The van der Waals surface area contributed by atoms with Crippen molar-refractivity contribution in [1.82, 2.24) is 4.90 Å². The van der Waals surface area contributed by atoms with Crippen molar-refractivity contribution < 1.29 is 52.2 Å². The first-order chi connectivity index (χ1) is 17.0. The van der Waals surface area contributed by atoms with Crippen LogP contribution in [-0.2, 0) is 42.9 Å². The molecule has 0 aromatic carbocycles. The van der Waals surface area contributed by atoms with Crippen LogP contribution in [0.4, 0.5) is 0 Å². The Hall–Kier alpha value is -3.54. The van der Waals surface area contributed by atoms with Crippen LogP contribution >= 0.6 is 0 Å². The molecule has 36 heavy (non-hydrogen) atoms. The first-order valence-corrected chi connectivity index (χ1v) is 11.6. The summed E-state index contributed by atoms with van der Waals surface area (Å²) in [6, 6.07) is 3.24. The largest absolute Gasteiger partial charge is 0.463 e. The minimum absolute atomic E-state index is 0.222. The molecule has 1 aromatic rings. The Morgan fingerprint density at radius 3 is 1.94 bits per heavy atom. The van der Waals surface area contributed by atoms with Crippen LogP contribution in [0.3, 0.4) is 0 Å². The van der Waals surface area contributed by atoms with Crippen molar-refractivity contribution in [2.75, 3.05) is 19.7 Å². The molecule has 2 rings (SSSR count). The van der Waals surface area contributed by atoms with Crippen molar-refractivity contribution in [2.24, 2.45) is 0 Å². The predicted molar refractivity (Wildman–Crippen MR) is 121 cm³/mol. The average Bonchev–Trinajstić information content (AvgIpc) is 2.80. The van der Waals surface area contributed by atoms with Crippen LogP contribution in [0.2, 0.25) is 0 Å². The quantitative estimate of drug-likeness (QED) is 0.266. The molecule has 198 valence electrons. The molecule has 2 heterocycles. The summed E-state index contributed by atoms with van der Waals surface area (Å²) < 4.78 is 29.0. The van der Waals surface area contributed by atoms with Gasteiger partial charge in [0.25, 0.3) is 5.91 Å². The highest BCUT2D eigenvalue weighted by Crippen LogP contribution is 2.32. The van der Waals surface area contributed by atoms with Crippen molar-refractivity contribution >= 4 is 29.8 Å². The highest BCUT2D eigenvalue weighted by atomic mass is 16.7. The summed E-state index contributed by atoms with van der Waals surface area (Å²) in [5.74, 6) is -2.98. The lowest BCUT2D eigenvalue weighted by atomic mass is 9.97. The van der Waals surface area contributed by atoms with E-state index < -0.39 is 54.5 Å². The van der Waals surface area contributed by atoms with Crippen molar-refractivity contribution in [2.45, 2.75) is 72.2 Å². The minimum atomic E-state index is -1.30. The van der Waals surface area contributed by atoms with E-state index in [0.717, 1.165) is 13.8 Å². The van der Waals surface area contributed by atoms with Gasteiger partial charge in [-0.1, -0.05) is 0 Å². The molecule has 0 bridgehead atoms. The lowest BCUT2D eigenvalue weighted by molar-refractivity contribution is -0.777. The molecule has 1 saturated heterocycles. The molecule has 1 aromatic heterocycles. The van der Waals surface area contributed by atoms with Crippen molar-refractivity contribution in [3.8, 4) is 0 Å². The van der Waals surface area contributed by atoms with Crippen LogP contribution in [0.5, 0.6) is 0 Å². The Bertz CT molecular complexity index is 977. The summed E-state index contributed by atoms with van der Waals surface area (Å²) in [6.45, 7) is 9.05. The van der Waals surface area contributed by atoms with Gasteiger partial charge in [0, 0.05) is 46.9 Å². The van der Waals surface area contributed by atoms with E-state index in [2.05, 4.69) is 0 Å². The van der Waals surface area contributed by atoms with Crippen LogP contribution in [0.25, 0.3) is 0 Å². The maximum atomic E-state index is 12.9. The second kappa shape index (κ2) is 13.0. The smallest absolute Gasteiger partial charge is 0.304 e. The summed E-state index contributed by atoms with van der Waals surface area (Å²) in [5, 5.41) is 0. The Balaban J connectivity index is 2.59. The topological polar surface area (TPSA) is 139 Å². The van der Waals surface area contributed by atoms with E-state index in [1.54, 1.807) is 23.2 Å². The fourth-order valence-electron chi connectivity index (χ4n) is 3.92. The normalized spacial score (nSPS) is 23.2. The Kier molecular flexibility index (Phi) is 10.3. The van der Waals surface area contributed by atoms with Gasteiger partial charge in [-0.15, -0.1) is 0 Å². The molecule has 0 unspecified atom stereocenters. The number of carbonyl (C=O) groups excluding carboxylic acids is 5. The number of ether oxygens (including phenoxy) is 5. The van der Waals surface area contributed by atoms with E-state index in [4.69, 9.17) is 23.7 Å². The van der Waals surface area contributed by atoms with Gasteiger partial charge in [-0.05, 0) is 19.9 Å². The third kappa shape index (κ3) is 7.48. The third-order valence-corrected chi connectivity index (χ3v) is 5.38. The number of nitrogens with zero attached hydrogens (tertiary/aromatic N) is 2. The SMILES string of the molecule is CCN(CC)C(=O)c1ccc[n+]([C@@H]2O[C@@H](COC(C)=O)[C@@H](OC(C)=O)[C@@H](OC(C)=O)[C@@H]2OC(C)=O)c1. The number of hydrogen-bond donors (Lipinski definition) is 0. The van der Waals surface area contributed by atoms with Crippen LogP contribution in [-0.4, -0.2) is 78.8 Å². The summed E-state index contributed by atoms with van der Waals surface area (Å²) in [4.78, 5) is 61.9. The standard InChI is InChI=1S/C24H33N2O10/c1-7-25(8-2)23(31)18-10-9-11-26(12-18)24-22(35-17(6)30)21(34-16(5)29)20(33-15(4)28)19(36-24)13-32-14(3)27/h9-12,19-22,24H,7-8,13H2,1-6H3/q+1/t19-,20+,21+,22-,24+/m0/s1. The number of aromatic nitrogens is 1. The molecule has 0 saturated carbocycles. The van der Waals surface area contributed by atoms with Gasteiger partial charge in [0.1, 0.15) is 18.3 Å². The lowest BCUT2D eigenvalue weighted by Crippen LogP contribution is -2.65. The number of pyridine rings is 1. The molecule has 1 fully saturated rings. The fourth-order valence-corrected chi connectivity index (χ4v) is 3.92. The van der Waals surface area contributed by atoms with Crippen LogP contribution in [0, 0.1) is 0 Å². The number of hydrogen-bond acceptors (Lipinski definition) is 10. The van der Waals surface area contributed by atoms with Crippen molar-refractivity contribution in [3.05, 3.63) is 30.1 Å². The third-order valence-electron chi connectivity index (χ3n) is 5.38. The van der Waals surface area contributed by atoms with Gasteiger partial charge in [0.2, 0.25) is 6.10 Å². The second-order valence-corrected chi connectivity index (χ2v) is 8.11. The number of carbonyl (C=O) groups is 5. The molecular weight excluding hydrogens is 476 g/mol. The first-order valence-electron chi connectivity index (χ1n) is 11.6. The van der Waals surface area contributed by atoms with E-state index >= 15 is 0 Å². The lowest BCUT2D eigenvalue weighted by Gasteiger charge is -2.41. The second-order valence-electron chi connectivity index (χ2n) is 8.11. The van der Waals surface area contributed by atoms with Crippen LogP contribution in [0.15, 0.2) is 24.5 Å². The molecule has 0 N–H and O–H groups in total. The van der Waals surface area contributed by atoms with Crippen LogP contribution in [0.1, 0.15) is 58.1 Å². The molecule has 1 aliphatic heterocycles.